The van der Waals surface area contributed by atoms with E-state index >= 15 is 0 Å². The van der Waals surface area contributed by atoms with Crippen molar-refractivity contribution in [1.29, 1.82) is 0 Å². The van der Waals surface area contributed by atoms with Gasteiger partial charge in [-0.3, -0.25) is 5.73 Å². The molecule has 0 aliphatic rings. The molecule has 3 nitrogen and oxygen atoms in total. The van der Waals surface area contributed by atoms with Crippen LogP contribution in [0.1, 0.15) is 0 Å². The molecule has 0 fully saturated rings. The maximum atomic E-state index is 8.92. The SMILES string of the molecule is [CH2]C(N)(O)Oc1ccccc1. The van der Waals surface area contributed by atoms with Crippen molar-refractivity contribution in [2.45, 2.75) is 5.91 Å². The third kappa shape index (κ3) is 3.02. The zero-order valence-corrected chi connectivity index (χ0v) is 6.03. The van der Waals surface area contributed by atoms with Crippen LogP contribution in [-0.4, -0.2) is 11.0 Å². The zero-order chi connectivity index (χ0) is 8.32. The maximum Gasteiger partial charge on any atom is 0.265 e. The third-order valence-electron chi connectivity index (χ3n) is 1.04. The molecule has 1 aromatic rings. The van der Waals surface area contributed by atoms with Crippen LogP contribution in [0.25, 0.3) is 0 Å². The molecule has 0 spiro atoms. The van der Waals surface area contributed by atoms with E-state index in [-0.39, 0.29) is 0 Å². The van der Waals surface area contributed by atoms with Crippen LogP contribution in [0.4, 0.5) is 0 Å². The van der Waals surface area contributed by atoms with Crippen molar-refractivity contribution in [3.05, 3.63) is 37.3 Å². The first kappa shape index (κ1) is 8.04. The Kier molecular flexibility index (Phi) is 2.12. The largest absolute Gasteiger partial charge is 0.449 e. The average molecular weight is 152 g/mol. The summed E-state index contributed by atoms with van der Waals surface area (Å²) < 4.78 is 4.82. The van der Waals surface area contributed by atoms with Crippen molar-refractivity contribution in [3.8, 4) is 5.75 Å². The van der Waals surface area contributed by atoms with Crippen LogP contribution in [0, 0.1) is 6.92 Å². The van der Waals surface area contributed by atoms with Crippen molar-refractivity contribution in [2.75, 3.05) is 0 Å². The predicted octanol–water partition coefficient (Wildman–Crippen LogP) is 0.504. The van der Waals surface area contributed by atoms with Crippen molar-refractivity contribution in [3.63, 3.8) is 0 Å². The Morgan fingerprint density at radius 1 is 1.36 bits per heavy atom. The standard InChI is InChI=1S/C8H10NO2/c1-8(9,10)11-7-5-3-2-4-6-7/h2-6,10H,1,9H2. The molecule has 1 rings (SSSR count). The number of nitrogens with two attached hydrogens (primary N) is 1. The Morgan fingerprint density at radius 2 is 1.91 bits per heavy atom. The number of rotatable bonds is 2. The van der Waals surface area contributed by atoms with Gasteiger partial charge < -0.3 is 9.84 Å². The van der Waals surface area contributed by atoms with Gasteiger partial charge in [-0.15, -0.1) is 0 Å². The minimum Gasteiger partial charge on any atom is -0.449 e. The molecule has 11 heavy (non-hydrogen) atoms. The summed E-state index contributed by atoms with van der Waals surface area (Å²) in [6, 6.07) is 8.76. The van der Waals surface area contributed by atoms with E-state index in [0.29, 0.717) is 5.75 Å². The lowest BCUT2D eigenvalue weighted by Gasteiger charge is -2.18. The molecule has 0 saturated heterocycles. The fourth-order valence-corrected chi connectivity index (χ4v) is 0.693. The van der Waals surface area contributed by atoms with Crippen LogP contribution in [0.15, 0.2) is 30.3 Å². The van der Waals surface area contributed by atoms with E-state index in [0.717, 1.165) is 0 Å². The molecule has 3 N–H and O–H groups in total. The normalized spacial score (nSPS) is 15.5. The smallest absolute Gasteiger partial charge is 0.265 e. The van der Waals surface area contributed by atoms with Crippen LogP contribution in [-0.2, 0) is 0 Å². The number of ether oxygens (including phenoxy) is 1. The number of hydrogen-bond donors (Lipinski definition) is 2. The first-order valence-corrected chi connectivity index (χ1v) is 3.18. The highest BCUT2D eigenvalue weighted by Gasteiger charge is 2.13. The molecule has 0 aromatic heterocycles. The van der Waals surface area contributed by atoms with E-state index in [1.165, 1.54) is 0 Å². The minimum absolute atomic E-state index is 0.493. The van der Waals surface area contributed by atoms with Crippen LogP contribution in [0.5, 0.6) is 5.75 Å². The highest BCUT2D eigenvalue weighted by molar-refractivity contribution is 5.21. The Hall–Kier alpha value is -1.06. The maximum absolute atomic E-state index is 8.92. The fourth-order valence-electron chi connectivity index (χ4n) is 0.693. The molecule has 0 heterocycles. The van der Waals surface area contributed by atoms with E-state index < -0.39 is 5.91 Å². The fraction of sp³-hybridized carbons (Fsp3) is 0.125. The van der Waals surface area contributed by atoms with Crippen molar-refractivity contribution in [2.24, 2.45) is 5.73 Å². The van der Waals surface area contributed by atoms with Gasteiger partial charge >= 0.3 is 0 Å². The van der Waals surface area contributed by atoms with Crippen LogP contribution < -0.4 is 10.5 Å². The lowest BCUT2D eigenvalue weighted by Crippen LogP contribution is -2.42. The summed E-state index contributed by atoms with van der Waals surface area (Å²) in [4.78, 5) is 0. The molecule has 0 aliphatic carbocycles. The summed E-state index contributed by atoms with van der Waals surface area (Å²) in [5.41, 5.74) is 5.09. The van der Waals surface area contributed by atoms with Gasteiger partial charge in [0.25, 0.3) is 5.91 Å². The van der Waals surface area contributed by atoms with Gasteiger partial charge in [-0.1, -0.05) is 18.2 Å². The molecular formula is C8H10NO2. The molecule has 1 atom stereocenters. The highest BCUT2D eigenvalue weighted by atomic mass is 16.6. The summed E-state index contributed by atoms with van der Waals surface area (Å²) in [5, 5.41) is 8.92. The molecule has 0 saturated carbocycles. The summed E-state index contributed by atoms with van der Waals surface area (Å²) in [5.74, 6) is -1.35. The number of hydrogen-bond acceptors (Lipinski definition) is 3. The first-order valence-electron chi connectivity index (χ1n) is 3.18. The van der Waals surface area contributed by atoms with Crippen molar-refractivity contribution >= 4 is 0 Å². The van der Waals surface area contributed by atoms with Gasteiger partial charge in [0.2, 0.25) is 0 Å². The van der Waals surface area contributed by atoms with Gasteiger partial charge in [0.15, 0.2) is 0 Å². The van der Waals surface area contributed by atoms with Gasteiger partial charge in [-0.2, -0.15) is 0 Å². The summed E-state index contributed by atoms with van der Waals surface area (Å²) in [6.07, 6.45) is 0. The molecule has 0 amide bonds. The van der Waals surface area contributed by atoms with E-state index in [2.05, 4.69) is 6.92 Å². The summed E-state index contributed by atoms with van der Waals surface area (Å²) >= 11 is 0. The molecule has 1 unspecified atom stereocenters. The van der Waals surface area contributed by atoms with Gasteiger partial charge in [0, 0.05) is 6.92 Å². The summed E-state index contributed by atoms with van der Waals surface area (Å²) in [7, 11) is 0. The summed E-state index contributed by atoms with van der Waals surface area (Å²) in [6.45, 7) is 3.18. The highest BCUT2D eigenvalue weighted by Crippen LogP contribution is 2.11. The zero-order valence-electron chi connectivity index (χ0n) is 6.03. The first-order chi connectivity index (χ1) is 5.08. The monoisotopic (exact) mass is 152 g/mol. The molecule has 59 valence electrons. The van der Waals surface area contributed by atoms with E-state index in [1.54, 1.807) is 24.3 Å². The van der Waals surface area contributed by atoms with E-state index in [4.69, 9.17) is 15.6 Å². The van der Waals surface area contributed by atoms with E-state index in [1.807, 2.05) is 6.07 Å². The van der Waals surface area contributed by atoms with Crippen molar-refractivity contribution in [1.82, 2.24) is 0 Å². The minimum atomic E-state index is -1.85. The third-order valence-corrected chi connectivity index (χ3v) is 1.04. The van der Waals surface area contributed by atoms with E-state index in [9.17, 15) is 0 Å². The van der Waals surface area contributed by atoms with Crippen LogP contribution in [0.3, 0.4) is 0 Å². The predicted molar refractivity (Wildman–Crippen MR) is 41.6 cm³/mol. The molecule has 3 heteroatoms. The average Bonchev–Trinajstić information content (AvgIpc) is 1.85. The number of aliphatic hydroxyl groups is 1. The van der Waals surface area contributed by atoms with Gasteiger partial charge in [-0.05, 0) is 12.1 Å². The van der Waals surface area contributed by atoms with Crippen LogP contribution >= 0.6 is 0 Å². The Labute approximate surface area is 65.4 Å². The second kappa shape index (κ2) is 2.90. The Balaban J connectivity index is 2.66. The van der Waals surface area contributed by atoms with Gasteiger partial charge in [-0.25, -0.2) is 0 Å². The Bertz CT molecular complexity index is 215. The molecule has 1 aromatic carbocycles. The topological polar surface area (TPSA) is 55.5 Å². The molecular weight excluding hydrogens is 142 g/mol. The Morgan fingerprint density at radius 3 is 2.36 bits per heavy atom. The molecule has 0 aliphatic heterocycles. The number of para-hydroxylation sites is 1. The molecule has 1 radical (unpaired) electrons. The van der Waals surface area contributed by atoms with Crippen LogP contribution in [0.2, 0.25) is 0 Å². The van der Waals surface area contributed by atoms with Crippen molar-refractivity contribution < 1.29 is 9.84 Å². The quantitative estimate of drug-likeness (QED) is 0.607. The molecule has 0 bridgehead atoms. The second-order valence-electron chi connectivity index (χ2n) is 2.26. The number of benzene rings is 1. The lowest BCUT2D eigenvalue weighted by molar-refractivity contribution is -0.0913. The second-order valence-corrected chi connectivity index (χ2v) is 2.26. The van der Waals surface area contributed by atoms with Gasteiger partial charge in [0.1, 0.15) is 5.75 Å². The lowest BCUT2D eigenvalue weighted by atomic mass is 10.3. The van der Waals surface area contributed by atoms with Gasteiger partial charge in [0.05, 0.1) is 0 Å².